The number of halogens is 1. The number of nitro groups is 1. The van der Waals surface area contributed by atoms with Crippen molar-refractivity contribution in [1.82, 2.24) is 9.55 Å². The van der Waals surface area contributed by atoms with Gasteiger partial charge >= 0.3 is 0 Å². The molecule has 28 heavy (non-hydrogen) atoms. The number of aryl methyl sites for hydroxylation is 2. The molecule has 0 aliphatic heterocycles. The molecule has 0 aliphatic carbocycles. The molecule has 0 saturated heterocycles. The van der Waals surface area contributed by atoms with Gasteiger partial charge in [-0.05, 0) is 25.5 Å². The first-order valence-corrected chi connectivity index (χ1v) is 10.2. The molecule has 146 valence electrons. The van der Waals surface area contributed by atoms with Crippen LogP contribution in [-0.2, 0) is 11.8 Å². The summed E-state index contributed by atoms with van der Waals surface area (Å²) in [7, 11) is 1.61. The predicted octanol–water partition coefficient (Wildman–Crippen LogP) is 3.90. The molecule has 0 bridgehead atoms. The van der Waals surface area contributed by atoms with E-state index in [4.69, 9.17) is 11.6 Å². The Morgan fingerprint density at radius 2 is 2.14 bits per heavy atom. The lowest BCUT2D eigenvalue weighted by atomic mass is 10.2. The van der Waals surface area contributed by atoms with E-state index in [9.17, 15) is 19.7 Å². The highest BCUT2D eigenvalue weighted by molar-refractivity contribution is 7.99. The summed E-state index contributed by atoms with van der Waals surface area (Å²) in [5, 5.41) is 14.6. The third-order valence-electron chi connectivity index (χ3n) is 4.14. The van der Waals surface area contributed by atoms with Crippen LogP contribution in [0, 0.1) is 24.0 Å². The van der Waals surface area contributed by atoms with Gasteiger partial charge in [-0.1, -0.05) is 23.4 Å². The number of thioether (sulfide) groups is 1. The van der Waals surface area contributed by atoms with Gasteiger partial charge in [0, 0.05) is 24.1 Å². The van der Waals surface area contributed by atoms with Gasteiger partial charge in [0.2, 0.25) is 5.91 Å². The minimum absolute atomic E-state index is 0.0336. The van der Waals surface area contributed by atoms with Gasteiger partial charge in [-0.2, -0.15) is 0 Å². The van der Waals surface area contributed by atoms with E-state index in [0.717, 1.165) is 22.2 Å². The molecule has 3 rings (SSSR count). The smallest absolute Gasteiger partial charge is 0.271 e. The highest BCUT2D eigenvalue weighted by atomic mass is 35.5. The molecule has 0 unspecified atom stereocenters. The van der Waals surface area contributed by atoms with Crippen LogP contribution in [0.25, 0.3) is 10.2 Å². The van der Waals surface area contributed by atoms with E-state index < -0.39 is 10.8 Å². The van der Waals surface area contributed by atoms with Crippen molar-refractivity contribution in [2.75, 3.05) is 11.1 Å². The van der Waals surface area contributed by atoms with Crippen LogP contribution in [0.15, 0.2) is 28.2 Å². The number of thiophene rings is 1. The van der Waals surface area contributed by atoms with Crippen LogP contribution >= 0.6 is 34.7 Å². The Kier molecular flexibility index (Phi) is 5.73. The number of aromatic nitrogens is 2. The summed E-state index contributed by atoms with van der Waals surface area (Å²) < 4.78 is 1.42. The van der Waals surface area contributed by atoms with Gasteiger partial charge in [-0.15, -0.1) is 11.3 Å². The Morgan fingerprint density at radius 3 is 2.82 bits per heavy atom. The number of benzene rings is 1. The molecule has 2 heterocycles. The molecule has 0 atom stereocenters. The maximum Gasteiger partial charge on any atom is 0.271 e. The molecule has 1 aromatic carbocycles. The zero-order valence-electron chi connectivity index (χ0n) is 15.1. The minimum Gasteiger partial charge on any atom is -0.324 e. The van der Waals surface area contributed by atoms with E-state index in [0.29, 0.717) is 15.4 Å². The summed E-state index contributed by atoms with van der Waals surface area (Å²) in [6.07, 6.45) is 0. The number of anilines is 1. The molecule has 11 heteroatoms. The van der Waals surface area contributed by atoms with Crippen molar-refractivity contribution in [3.8, 4) is 0 Å². The summed E-state index contributed by atoms with van der Waals surface area (Å²) in [4.78, 5) is 41.3. The molecular formula is C17H15ClN4O4S2. The SMILES string of the molecule is Cc1sc2nc(SCC(=O)Nc3cc([N+](=O)[O-])ccc3Cl)n(C)c(=O)c2c1C. The molecule has 3 aromatic rings. The number of carbonyl (C=O) groups is 1. The monoisotopic (exact) mass is 438 g/mol. The number of nitro benzene ring substituents is 1. The van der Waals surface area contributed by atoms with Gasteiger partial charge in [0.1, 0.15) is 4.83 Å². The molecule has 1 amide bonds. The summed E-state index contributed by atoms with van der Waals surface area (Å²) in [6, 6.07) is 3.80. The van der Waals surface area contributed by atoms with Gasteiger partial charge in [-0.3, -0.25) is 24.3 Å². The number of hydrogen-bond donors (Lipinski definition) is 1. The maximum absolute atomic E-state index is 12.6. The van der Waals surface area contributed by atoms with E-state index in [1.54, 1.807) is 7.05 Å². The van der Waals surface area contributed by atoms with Crippen molar-refractivity contribution in [3.63, 3.8) is 0 Å². The topological polar surface area (TPSA) is 107 Å². The molecule has 2 aromatic heterocycles. The van der Waals surface area contributed by atoms with Crippen LogP contribution < -0.4 is 10.9 Å². The molecule has 0 saturated carbocycles. The van der Waals surface area contributed by atoms with Crippen LogP contribution in [0.1, 0.15) is 10.4 Å². The second-order valence-corrected chi connectivity index (χ2v) is 8.53. The lowest BCUT2D eigenvalue weighted by Gasteiger charge is -2.09. The Morgan fingerprint density at radius 1 is 1.43 bits per heavy atom. The minimum atomic E-state index is -0.569. The van der Waals surface area contributed by atoms with E-state index in [1.165, 1.54) is 34.1 Å². The van der Waals surface area contributed by atoms with E-state index >= 15 is 0 Å². The van der Waals surface area contributed by atoms with Crippen molar-refractivity contribution >= 4 is 62.2 Å². The highest BCUT2D eigenvalue weighted by Gasteiger charge is 2.17. The second kappa shape index (κ2) is 7.90. The lowest BCUT2D eigenvalue weighted by molar-refractivity contribution is -0.384. The quantitative estimate of drug-likeness (QED) is 0.280. The third-order valence-corrected chi connectivity index (χ3v) is 6.60. The molecule has 0 radical (unpaired) electrons. The number of rotatable bonds is 5. The average molecular weight is 439 g/mol. The van der Waals surface area contributed by atoms with Crippen LogP contribution in [0.3, 0.4) is 0 Å². The van der Waals surface area contributed by atoms with Gasteiger partial charge in [0.25, 0.3) is 11.2 Å². The zero-order valence-corrected chi connectivity index (χ0v) is 17.5. The third kappa shape index (κ3) is 3.89. The van der Waals surface area contributed by atoms with Crippen LogP contribution in [0.5, 0.6) is 0 Å². The lowest BCUT2D eigenvalue weighted by Crippen LogP contribution is -2.21. The largest absolute Gasteiger partial charge is 0.324 e. The van der Waals surface area contributed by atoms with Crippen molar-refractivity contribution in [2.24, 2.45) is 7.05 Å². The molecule has 0 fully saturated rings. The summed E-state index contributed by atoms with van der Waals surface area (Å²) in [5.41, 5.74) is 0.743. The first kappa shape index (κ1) is 20.3. The van der Waals surface area contributed by atoms with Crippen molar-refractivity contribution in [2.45, 2.75) is 19.0 Å². The van der Waals surface area contributed by atoms with Crippen molar-refractivity contribution in [1.29, 1.82) is 0 Å². The summed E-state index contributed by atoms with van der Waals surface area (Å²) in [5.74, 6) is -0.450. The van der Waals surface area contributed by atoms with Gasteiger partial charge in [0.05, 0.1) is 26.8 Å². The molecule has 8 nitrogen and oxygen atoms in total. The number of non-ortho nitro benzene ring substituents is 1. The molecular weight excluding hydrogens is 424 g/mol. The number of hydrogen-bond acceptors (Lipinski definition) is 7. The van der Waals surface area contributed by atoms with Crippen LogP contribution in [0.4, 0.5) is 11.4 Å². The van der Waals surface area contributed by atoms with Crippen LogP contribution in [0.2, 0.25) is 5.02 Å². The van der Waals surface area contributed by atoms with Crippen molar-refractivity contribution in [3.05, 3.63) is 54.1 Å². The summed E-state index contributed by atoms with van der Waals surface area (Å²) >= 11 is 8.53. The first-order chi connectivity index (χ1) is 13.2. The average Bonchev–Trinajstić information content (AvgIpc) is 2.92. The Labute approximate surface area is 172 Å². The number of carbonyl (C=O) groups excluding carboxylic acids is 1. The highest BCUT2D eigenvalue weighted by Crippen LogP contribution is 2.29. The Hall–Kier alpha value is -2.43. The van der Waals surface area contributed by atoms with Crippen molar-refractivity contribution < 1.29 is 9.72 Å². The van der Waals surface area contributed by atoms with Crippen LogP contribution in [-0.4, -0.2) is 26.1 Å². The normalized spacial score (nSPS) is 11.0. The number of nitrogens with zero attached hydrogens (tertiary/aromatic N) is 3. The van der Waals surface area contributed by atoms with E-state index in [2.05, 4.69) is 10.3 Å². The summed E-state index contributed by atoms with van der Waals surface area (Å²) in [6.45, 7) is 3.82. The number of fused-ring (bicyclic) bond motifs is 1. The van der Waals surface area contributed by atoms with E-state index in [-0.39, 0.29) is 27.7 Å². The fourth-order valence-electron chi connectivity index (χ4n) is 2.52. The van der Waals surface area contributed by atoms with Gasteiger partial charge in [-0.25, -0.2) is 4.98 Å². The number of nitrogens with one attached hydrogen (secondary N) is 1. The zero-order chi connectivity index (χ0) is 20.6. The second-order valence-electron chi connectivity index (χ2n) is 5.98. The predicted molar refractivity (Wildman–Crippen MR) is 112 cm³/mol. The molecule has 0 aliphatic rings. The molecule has 0 spiro atoms. The maximum atomic E-state index is 12.6. The Bertz CT molecular complexity index is 1170. The van der Waals surface area contributed by atoms with Gasteiger partial charge in [0.15, 0.2) is 5.16 Å². The van der Waals surface area contributed by atoms with E-state index in [1.807, 2.05) is 13.8 Å². The Balaban J connectivity index is 1.78. The first-order valence-electron chi connectivity index (χ1n) is 8.02. The van der Waals surface area contributed by atoms with Gasteiger partial charge < -0.3 is 5.32 Å². The fourth-order valence-corrected chi connectivity index (χ4v) is 4.53. The fraction of sp³-hybridized carbons (Fsp3) is 0.235. The molecule has 1 N–H and O–H groups in total. The number of amides is 1. The standard InChI is InChI=1S/C17H15ClN4O4S2/c1-8-9(2)28-15-14(8)16(24)21(3)17(20-15)27-7-13(23)19-12-6-10(22(25)26)4-5-11(12)18/h4-6H,7H2,1-3H3,(H,19,23).